The summed E-state index contributed by atoms with van der Waals surface area (Å²) >= 11 is 0. The summed E-state index contributed by atoms with van der Waals surface area (Å²) in [6.07, 6.45) is 7.64. The van der Waals surface area contributed by atoms with Gasteiger partial charge >= 0.3 is 6.09 Å². The second-order valence-electron chi connectivity index (χ2n) is 15.3. The Morgan fingerprint density at radius 1 is 0.793 bits per heavy atom. The lowest BCUT2D eigenvalue weighted by atomic mass is 10.0. The molecule has 0 radical (unpaired) electrons. The fourth-order valence-electron chi connectivity index (χ4n) is 8.03. The first-order chi connectivity index (χ1) is 28.1. The van der Waals surface area contributed by atoms with Crippen LogP contribution in [-0.2, 0) is 14.3 Å². The summed E-state index contributed by atoms with van der Waals surface area (Å²) in [5.74, 6) is 0.625. The van der Waals surface area contributed by atoms with Gasteiger partial charge in [-0.05, 0) is 66.8 Å². The highest BCUT2D eigenvalue weighted by Crippen LogP contribution is 2.36. The second-order valence-corrected chi connectivity index (χ2v) is 15.3. The molecule has 4 atom stereocenters. The highest BCUT2D eigenvalue weighted by Gasteiger charge is 2.38. The van der Waals surface area contributed by atoms with Gasteiger partial charge in [0.05, 0.1) is 54.7 Å². The maximum absolute atomic E-state index is 15.8. The molecular formula is C44H46FN9O4. The van der Waals surface area contributed by atoms with Crippen LogP contribution in [0.1, 0.15) is 74.9 Å². The Morgan fingerprint density at radius 3 is 2.03 bits per heavy atom. The zero-order valence-electron chi connectivity index (χ0n) is 32.6. The number of H-pyrrole nitrogens is 2. The molecule has 2 aliphatic heterocycles. The first-order valence-electron chi connectivity index (χ1n) is 19.7. The van der Waals surface area contributed by atoms with E-state index in [1.54, 1.807) is 41.7 Å². The number of carbonyl (C=O) groups is 3. The number of benzene rings is 3. The van der Waals surface area contributed by atoms with Crippen molar-refractivity contribution in [3.05, 3.63) is 114 Å². The van der Waals surface area contributed by atoms with Crippen molar-refractivity contribution in [2.75, 3.05) is 20.2 Å². The maximum Gasteiger partial charge on any atom is 0.407 e. The number of nitrogens with two attached hydrogens (primary N) is 1. The fourth-order valence-corrected chi connectivity index (χ4v) is 8.03. The minimum atomic E-state index is -0.903. The number of nitrogens with one attached hydrogen (secondary N) is 3. The van der Waals surface area contributed by atoms with E-state index in [4.69, 9.17) is 10.5 Å². The zero-order valence-corrected chi connectivity index (χ0v) is 32.6. The third-order valence-electron chi connectivity index (χ3n) is 11.3. The summed E-state index contributed by atoms with van der Waals surface area (Å²) in [7, 11) is 1.27. The van der Waals surface area contributed by atoms with Gasteiger partial charge in [0.1, 0.15) is 23.5 Å². The minimum absolute atomic E-state index is 0.0304. The Labute approximate surface area is 335 Å². The van der Waals surface area contributed by atoms with Crippen LogP contribution >= 0.6 is 0 Å². The van der Waals surface area contributed by atoms with Crippen molar-refractivity contribution in [2.45, 2.75) is 63.7 Å². The molecule has 0 spiro atoms. The number of hydrogen-bond acceptors (Lipinski definition) is 8. The molecule has 0 bridgehead atoms. The van der Waals surface area contributed by atoms with Crippen molar-refractivity contribution in [1.82, 2.24) is 40.0 Å². The lowest BCUT2D eigenvalue weighted by Crippen LogP contribution is -2.46. The molecule has 13 nitrogen and oxygen atoms in total. The molecule has 5 N–H and O–H groups in total. The summed E-state index contributed by atoms with van der Waals surface area (Å²) in [5, 5.41) is 4.45. The van der Waals surface area contributed by atoms with Gasteiger partial charge in [-0.1, -0.05) is 62.4 Å². The van der Waals surface area contributed by atoms with Gasteiger partial charge in [-0.25, -0.2) is 19.2 Å². The third kappa shape index (κ3) is 7.54. The van der Waals surface area contributed by atoms with Gasteiger partial charge in [-0.15, -0.1) is 0 Å². The molecule has 2 fully saturated rings. The van der Waals surface area contributed by atoms with E-state index in [1.807, 2.05) is 67.3 Å². The van der Waals surface area contributed by atoms with Gasteiger partial charge in [0.25, 0.3) is 5.91 Å². The molecular weight excluding hydrogens is 738 g/mol. The SMILES string of the molecule is COC(=O)N[C@@H](C(=O)N1CCC[C@H]1c1ncc(-c2ccc3cc(-c4ccc(-c5cnc([C@@H]6CCCN6C(=O)[C@@H](N)C(C)C)[nH]5)cc4F)ncc3c2)[nH]1)c1ccccc1. The molecule has 6 aromatic rings. The van der Waals surface area contributed by atoms with Crippen LogP contribution in [0.4, 0.5) is 9.18 Å². The number of ether oxygens (including phenoxy) is 1. The number of nitrogens with zero attached hydrogens (tertiary/aromatic N) is 5. The third-order valence-corrected chi connectivity index (χ3v) is 11.3. The van der Waals surface area contributed by atoms with Crippen molar-refractivity contribution in [3.63, 3.8) is 0 Å². The van der Waals surface area contributed by atoms with Crippen molar-refractivity contribution in [3.8, 4) is 33.8 Å². The highest BCUT2D eigenvalue weighted by atomic mass is 19.1. The van der Waals surface area contributed by atoms with E-state index in [1.165, 1.54) is 13.2 Å². The molecule has 2 aliphatic rings. The van der Waals surface area contributed by atoms with Gasteiger partial charge in [0, 0.05) is 41.4 Å². The molecule has 14 heteroatoms. The number of aromatic amines is 2. The van der Waals surface area contributed by atoms with Crippen molar-refractivity contribution in [2.24, 2.45) is 11.7 Å². The van der Waals surface area contributed by atoms with E-state index in [0.717, 1.165) is 47.7 Å². The molecule has 5 heterocycles. The molecule has 8 rings (SSSR count). The predicted molar refractivity (Wildman–Crippen MR) is 217 cm³/mol. The topological polar surface area (TPSA) is 175 Å². The number of likely N-dealkylation sites (tertiary alicyclic amines) is 2. The van der Waals surface area contributed by atoms with Crippen LogP contribution in [0, 0.1) is 11.7 Å². The molecule has 298 valence electrons. The Balaban J connectivity index is 0.973. The summed E-state index contributed by atoms with van der Waals surface area (Å²) in [6.45, 7) is 5.04. The average Bonchev–Trinajstić information content (AvgIpc) is 4.09. The average molecular weight is 784 g/mol. The molecule has 3 aromatic carbocycles. The maximum atomic E-state index is 15.8. The fraction of sp³-hybridized carbons (Fsp3) is 0.318. The number of aromatic nitrogens is 5. The Bertz CT molecular complexity index is 2470. The lowest BCUT2D eigenvalue weighted by molar-refractivity contribution is -0.135. The molecule has 58 heavy (non-hydrogen) atoms. The van der Waals surface area contributed by atoms with Crippen molar-refractivity contribution in [1.29, 1.82) is 0 Å². The number of alkyl carbamates (subject to hydrolysis) is 1. The number of imidazole rings is 2. The summed E-state index contributed by atoms with van der Waals surface area (Å²) in [5.41, 5.74) is 10.7. The normalized spacial score (nSPS) is 17.8. The number of pyridine rings is 1. The van der Waals surface area contributed by atoms with Gasteiger partial charge < -0.3 is 35.6 Å². The first-order valence-corrected chi connectivity index (χ1v) is 19.7. The number of methoxy groups -OCH3 is 1. The van der Waals surface area contributed by atoms with Crippen LogP contribution < -0.4 is 11.1 Å². The lowest BCUT2D eigenvalue weighted by Gasteiger charge is -2.28. The first kappa shape index (κ1) is 38.5. The van der Waals surface area contributed by atoms with Crippen molar-refractivity contribution >= 4 is 28.7 Å². The van der Waals surface area contributed by atoms with Crippen LogP contribution in [0.3, 0.4) is 0 Å². The smallest absolute Gasteiger partial charge is 0.407 e. The Morgan fingerprint density at radius 2 is 1.41 bits per heavy atom. The van der Waals surface area contributed by atoms with E-state index in [-0.39, 0.29) is 29.8 Å². The molecule has 3 aromatic heterocycles. The van der Waals surface area contributed by atoms with E-state index in [9.17, 15) is 14.4 Å². The van der Waals surface area contributed by atoms with Crippen LogP contribution in [0.2, 0.25) is 0 Å². The monoisotopic (exact) mass is 783 g/mol. The van der Waals surface area contributed by atoms with Gasteiger partial charge in [0.15, 0.2) is 0 Å². The van der Waals surface area contributed by atoms with Gasteiger partial charge in [0.2, 0.25) is 5.91 Å². The van der Waals surface area contributed by atoms with Crippen molar-refractivity contribution < 1.29 is 23.5 Å². The van der Waals surface area contributed by atoms with Crippen LogP contribution in [-0.4, -0.2) is 78.9 Å². The predicted octanol–water partition coefficient (Wildman–Crippen LogP) is 7.23. The van der Waals surface area contributed by atoms with Gasteiger partial charge in [-0.2, -0.15) is 0 Å². The molecule has 0 aliphatic carbocycles. The van der Waals surface area contributed by atoms with Crippen LogP contribution in [0.25, 0.3) is 44.5 Å². The number of hydrogen-bond donors (Lipinski definition) is 4. The summed E-state index contributed by atoms with van der Waals surface area (Å²) in [4.78, 5) is 63.4. The standard InChI is InChI=1S/C44H46FN9O4/c1-25(2)38(46)42(55)53-17-7-11-36(53)40-49-24-35(51-40)29-15-16-31(32(45)20-29)33-21-27-13-14-28(19-30(27)22-47-33)34-23-48-41(50-34)37-12-8-18-54(37)43(56)39(52-44(57)58-3)26-9-5-4-6-10-26/h4-6,9-10,13-16,19-25,36-39H,7-8,11-12,17-18,46H2,1-3H3,(H,48,50)(H,49,51)(H,52,57)/t36-,37-,38-,39+/m0/s1. The Hall–Kier alpha value is -6.41. The molecule has 0 saturated carbocycles. The second kappa shape index (κ2) is 16.2. The number of carbonyl (C=O) groups excluding carboxylic acids is 3. The number of fused-ring (bicyclic) bond motifs is 1. The van der Waals surface area contributed by atoms with E-state index in [0.29, 0.717) is 52.8 Å². The molecule has 2 saturated heterocycles. The van der Waals surface area contributed by atoms with Crippen LogP contribution in [0.5, 0.6) is 0 Å². The number of rotatable bonds is 10. The quantitative estimate of drug-likeness (QED) is 0.113. The van der Waals surface area contributed by atoms with Gasteiger partial charge in [-0.3, -0.25) is 14.6 Å². The molecule has 0 unspecified atom stereocenters. The zero-order chi connectivity index (χ0) is 40.5. The van der Waals surface area contributed by atoms with E-state index in [2.05, 4.69) is 30.2 Å². The van der Waals surface area contributed by atoms with E-state index >= 15 is 4.39 Å². The Kier molecular flexibility index (Phi) is 10.8. The number of halogens is 1. The van der Waals surface area contributed by atoms with E-state index < -0.39 is 24.0 Å². The molecule has 3 amide bonds. The largest absolute Gasteiger partial charge is 0.453 e. The number of amides is 3. The minimum Gasteiger partial charge on any atom is -0.453 e. The highest BCUT2D eigenvalue weighted by molar-refractivity contribution is 5.89. The van der Waals surface area contributed by atoms with Crippen LogP contribution in [0.15, 0.2) is 91.4 Å². The summed E-state index contributed by atoms with van der Waals surface area (Å²) < 4.78 is 20.6. The summed E-state index contributed by atoms with van der Waals surface area (Å²) in [6, 6.07) is 20.0.